The lowest BCUT2D eigenvalue weighted by atomic mass is 10.2. The molecule has 0 bridgehead atoms. The lowest BCUT2D eigenvalue weighted by Gasteiger charge is -2.35. The molecular formula is C14H21BrN2O4S. The van der Waals surface area contributed by atoms with Crippen LogP contribution in [-0.4, -0.2) is 52.1 Å². The minimum atomic E-state index is -3.61. The topological polar surface area (TPSA) is 67.9 Å². The molecule has 124 valence electrons. The van der Waals surface area contributed by atoms with Crippen molar-refractivity contribution in [3.63, 3.8) is 0 Å². The van der Waals surface area contributed by atoms with Crippen LogP contribution < -0.4 is 14.8 Å². The number of hydrogen-bond acceptors (Lipinski definition) is 5. The van der Waals surface area contributed by atoms with E-state index in [-0.39, 0.29) is 17.0 Å². The van der Waals surface area contributed by atoms with Crippen LogP contribution in [0, 0.1) is 0 Å². The van der Waals surface area contributed by atoms with E-state index in [2.05, 4.69) is 21.2 Å². The maximum Gasteiger partial charge on any atom is 0.244 e. The summed E-state index contributed by atoms with van der Waals surface area (Å²) in [5.41, 5.74) is 0. The summed E-state index contributed by atoms with van der Waals surface area (Å²) in [7, 11) is -0.610. The molecule has 2 atom stereocenters. The number of sulfonamides is 1. The highest BCUT2D eigenvalue weighted by molar-refractivity contribution is 9.10. The normalized spacial score (nSPS) is 23.3. The monoisotopic (exact) mass is 392 g/mol. The van der Waals surface area contributed by atoms with Crippen LogP contribution in [0.15, 0.2) is 21.5 Å². The van der Waals surface area contributed by atoms with E-state index in [1.54, 1.807) is 6.07 Å². The zero-order chi connectivity index (χ0) is 16.5. The van der Waals surface area contributed by atoms with Crippen LogP contribution in [-0.2, 0) is 10.0 Å². The number of nitrogens with one attached hydrogen (secondary N) is 1. The molecule has 0 aliphatic carbocycles. The Morgan fingerprint density at radius 2 is 1.64 bits per heavy atom. The maximum atomic E-state index is 12.9. The highest BCUT2D eigenvalue weighted by atomic mass is 79.9. The van der Waals surface area contributed by atoms with Gasteiger partial charge in [0.2, 0.25) is 10.0 Å². The molecule has 0 saturated carbocycles. The summed E-state index contributed by atoms with van der Waals surface area (Å²) in [6, 6.07) is 3.33. The van der Waals surface area contributed by atoms with Crippen LogP contribution in [0.4, 0.5) is 0 Å². The summed E-state index contributed by atoms with van der Waals surface area (Å²) in [5, 5.41) is 3.33. The fraction of sp³-hybridized carbons (Fsp3) is 0.571. The molecule has 6 nitrogen and oxygen atoms in total. The van der Waals surface area contributed by atoms with Gasteiger partial charge in [0.25, 0.3) is 0 Å². The van der Waals surface area contributed by atoms with Gasteiger partial charge in [-0.05, 0) is 35.8 Å². The van der Waals surface area contributed by atoms with Crippen LogP contribution in [0.25, 0.3) is 0 Å². The van der Waals surface area contributed by atoms with Gasteiger partial charge >= 0.3 is 0 Å². The summed E-state index contributed by atoms with van der Waals surface area (Å²) in [4.78, 5) is 0.187. The Labute approximate surface area is 140 Å². The second-order valence-corrected chi connectivity index (χ2v) is 8.19. The highest BCUT2D eigenvalue weighted by Gasteiger charge is 2.33. The first-order valence-corrected chi connectivity index (χ1v) is 9.20. The molecule has 1 aliphatic heterocycles. The first-order valence-electron chi connectivity index (χ1n) is 6.97. The number of benzene rings is 1. The molecule has 1 aliphatic rings. The van der Waals surface area contributed by atoms with Crippen molar-refractivity contribution < 1.29 is 17.9 Å². The Bertz CT molecular complexity index is 640. The molecule has 22 heavy (non-hydrogen) atoms. The molecule has 0 unspecified atom stereocenters. The van der Waals surface area contributed by atoms with E-state index in [4.69, 9.17) is 9.47 Å². The van der Waals surface area contributed by atoms with Gasteiger partial charge in [0.15, 0.2) is 11.5 Å². The van der Waals surface area contributed by atoms with Crippen molar-refractivity contribution in [2.24, 2.45) is 0 Å². The van der Waals surface area contributed by atoms with Gasteiger partial charge in [-0.2, -0.15) is 4.31 Å². The SMILES string of the molecule is COc1cc(Br)c(S(=O)(=O)N2C[C@H](C)N[C@@H](C)C2)cc1OC. The number of hydrogen-bond donors (Lipinski definition) is 1. The van der Waals surface area contributed by atoms with Crippen LogP contribution >= 0.6 is 15.9 Å². The van der Waals surface area contributed by atoms with Gasteiger partial charge in [-0.15, -0.1) is 0 Å². The van der Waals surface area contributed by atoms with Crippen molar-refractivity contribution in [2.45, 2.75) is 30.8 Å². The fourth-order valence-electron chi connectivity index (χ4n) is 2.65. The smallest absolute Gasteiger partial charge is 0.244 e. The Morgan fingerprint density at radius 3 is 2.14 bits per heavy atom. The second kappa shape index (κ2) is 6.74. The van der Waals surface area contributed by atoms with E-state index in [9.17, 15) is 8.42 Å². The average Bonchev–Trinajstić information content (AvgIpc) is 2.45. The van der Waals surface area contributed by atoms with E-state index in [1.807, 2.05) is 13.8 Å². The predicted molar refractivity (Wildman–Crippen MR) is 88.1 cm³/mol. The van der Waals surface area contributed by atoms with Crippen molar-refractivity contribution >= 4 is 26.0 Å². The standard InChI is InChI=1S/C14H21BrN2O4S/c1-9-7-17(8-10(2)16-9)22(18,19)14-6-13(21-4)12(20-3)5-11(14)15/h5-6,9-10,16H,7-8H2,1-4H3/t9-,10-/m0/s1. The van der Waals surface area contributed by atoms with E-state index < -0.39 is 10.0 Å². The van der Waals surface area contributed by atoms with E-state index >= 15 is 0 Å². The minimum absolute atomic E-state index is 0.109. The lowest BCUT2D eigenvalue weighted by molar-refractivity contribution is 0.262. The molecule has 0 amide bonds. The van der Waals surface area contributed by atoms with E-state index in [1.165, 1.54) is 24.6 Å². The summed E-state index contributed by atoms with van der Waals surface area (Å²) < 4.78 is 38.3. The van der Waals surface area contributed by atoms with Gasteiger partial charge in [0.05, 0.1) is 14.2 Å². The number of ether oxygens (including phenoxy) is 2. The Kier molecular flexibility index (Phi) is 5.37. The largest absolute Gasteiger partial charge is 0.493 e. The molecule has 0 radical (unpaired) electrons. The van der Waals surface area contributed by atoms with Gasteiger partial charge in [-0.1, -0.05) is 0 Å². The molecule has 1 N–H and O–H groups in total. The number of piperazine rings is 1. The van der Waals surface area contributed by atoms with Crippen molar-refractivity contribution in [3.8, 4) is 11.5 Å². The Hall–Kier alpha value is -0.830. The van der Waals surface area contributed by atoms with Crippen molar-refractivity contribution in [3.05, 3.63) is 16.6 Å². The van der Waals surface area contributed by atoms with E-state index in [0.29, 0.717) is 29.1 Å². The average molecular weight is 393 g/mol. The third-order valence-electron chi connectivity index (χ3n) is 3.58. The van der Waals surface area contributed by atoms with Crippen LogP contribution in [0.2, 0.25) is 0 Å². The third kappa shape index (κ3) is 3.40. The van der Waals surface area contributed by atoms with Crippen LogP contribution in [0.3, 0.4) is 0 Å². The fourth-order valence-corrected chi connectivity index (χ4v) is 5.26. The maximum absolute atomic E-state index is 12.9. The third-order valence-corrected chi connectivity index (χ3v) is 6.37. The van der Waals surface area contributed by atoms with Crippen molar-refractivity contribution in [1.29, 1.82) is 0 Å². The lowest BCUT2D eigenvalue weighted by Crippen LogP contribution is -2.55. The molecule has 2 rings (SSSR count). The van der Waals surface area contributed by atoms with Gasteiger partial charge in [-0.3, -0.25) is 0 Å². The van der Waals surface area contributed by atoms with Gasteiger partial charge in [0.1, 0.15) is 4.90 Å². The second-order valence-electron chi connectivity index (χ2n) is 5.43. The summed E-state index contributed by atoms with van der Waals surface area (Å²) in [5.74, 6) is 0.871. The van der Waals surface area contributed by atoms with Gasteiger partial charge in [-0.25, -0.2) is 8.42 Å². The van der Waals surface area contributed by atoms with Crippen LogP contribution in [0.1, 0.15) is 13.8 Å². The molecule has 8 heteroatoms. The molecule has 0 spiro atoms. The number of rotatable bonds is 4. The number of methoxy groups -OCH3 is 2. The Balaban J connectivity index is 2.45. The molecule has 1 heterocycles. The Morgan fingerprint density at radius 1 is 1.14 bits per heavy atom. The molecule has 1 aromatic rings. The highest BCUT2D eigenvalue weighted by Crippen LogP contribution is 2.37. The van der Waals surface area contributed by atoms with Gasteiger partial charge < -0.3 is 14.8 Å². The molecular weight excluding hydrogens is 372 g/mol. The first kappa shape index (κ1) is 17.5. The van der Waals surface area contributed by atoms with Gasteiger partial charge in [0, 0.05) is 35.7 Å². The first-order chi connectivity index (χ1) is 10.3. The molecule has 1 fully saturated rings. The predicted octanol–water partition coefficient (Wildman–Crippen LogP) is 1.84. The van der Waals surface area contributed by atoms with Crippen molar-refractivity contribution in [1.82, 2.24) is 9.62 Å². The quantitative estimate of drug-likeness (QED) is 0.846. The molecule has 1 saturated heterocycles. The zero-order valence-corrected chi connectivity index (χ0v) is 15.5. The number of nitrogens with zero attached hydrogens (tertiary/aromatic N) is 1. The van der Waals surface area contributed by atoms with E-state index in [0.717, 1.165) is 0 Å². The summed E-state index contributed by atoms with van der Waals surface area (Å²) in [6.07, 6.45) is 0. The molecule has 1 aromatic carbocycles. The molecule has 0 aromatic heterocycles. The van der Waals surface area contributed by atoms with Crippen molar-refractivity contribution in [2.75, 3.05) is 27.3 Å². The summed E-state index contributed by atoms with van der Waals surface area (Å²) >= 11 is 3.33. The zero-order valence-electron chi connectivity index (χ0n) is 13.1. The minimum Gasteiger partial charge on any atom is -0.493 e. The summed E-state index contributed by atoms with van der Waals surface area (Å²) in [6.45, 7) is 4.82. The number of halogens is 1. The van der Waals surface area contributed by atoms with Crippen LogP contribution in [0.5, 0.6) is 11.5 Å².